The summed E-state index contributed by atoms with van der Waals surface area (Å²) >= 11 is 0. The lowest BCUT2D eigenvalue weighted by atomic mass is 9.94. The molecular weight excluding hydrogens is 311 g/mol. The van der Waals surface area contributed by atoms with Crippen LogP contribution in [0, 0.1) is 11.7 Å². The molecule has 1 heterocycles. The van der Waals surface area contributed by atoms with Crippen molar-refractivity contribution in [3.63, 3.8) is 0 Å². The molecule has 1 aromatic rings. The minimum Gasteiger partial charge on any atom is -0.370 e. The SMILES string of the molecule is C[C@H](CC(=O)c1cccc(F)c1)C(=O)N1CCCC[C@H]1CC(N)=O. The molecule has 24 heavy (non-hydrogen) atoms. The van der Waals surface area contributed by atoms with Gasteiger partial charge < -0.3 is 10.6 Å². The van der Waals surface area contributed by atoms with Crippen molar-refractivity contribution in [3.05, 3.63) is 35.6 Å². The number of piperidine rings is 1. The quantitative estimate of drug-likeness (QED) is 0.811. The van der Waals surface area contributed by atoms with E-state index in [0.29, 0.717) is 6.54 Å². The van der Waals surface area contributed by atoms with E-state index in [9.17, 15) is 18.8 Å². The zero-order valence-electron chi connectivity index (χ0n) is 13.8. The molecule has 1 aliphatic rings. The van der Waals surface area contributed by atoms with Gasteiger partial charge in [0.05, 0.1) is 0 Å². The van der Waals surface area contributed by atoms with Crippen molar-refractivity contribution < 1.29 is 18.8 Å². The van der Waals surface area contributed by atoms with Gasteiger partial charge in [0.25, 0.3) is 0 Å². The number of primary amides is 1. The number of benzene rings is 1. The molecule has 2 amide bonds. The number of halogens is 1. The van der Waals surface area contributed by atoms with Crippen molar-refractivity contribution in [2.45, 2.75) is 45.1 Å². The van der Waals surface area contributed by atoms with E-state index in [0.717, 1.165) is 19.3 Å². The number of carbonyl (C=O) groups excluding carboxylic acids is 3. The fraction of sp³-hybridized carbons (Fsp3) is 0.500. The first-order chi connectivity index (χ1) is 11.4. The average molecular weight is 334 g/mol. The van der Waals surface area contributed by atoms with Crippen LogP contribution in [0.5, 0.6) is 0 Å². The molecule has 0 unspecified atom stereocenters. The maximum atomic E-state index is 13.2. The van der Waals surface area contributed by atoms with E-state index in [1.165, 1.54) is 18.2 Å². The summed E-state index contributed by atoms with van der Waals surface area (Å²) in [5, 5.41) is 0. The van der Waals surface area contributed by atoms with Crippen LogP contribution in [0.15, 0.2) is 24.3 Å². The minimum absolute atomic E-state index is 0.0160. The second-order valence-electron chi connectivity index (χ2n) is 6.39. The van der Waals surface area contributed by atoms with Gasteiger partial charge in [0.1, 0.15) is 5.82 Å². The molecule has 0 radical (unpaired) electrons. The fourth-order valence-corrected chi connectivity index (χ4v) is 3.16. The third kappa shape index (κ3) is 4.63. The molecular formula is C18H23FN2O3. The standard InChI is InChI=1S/C18H23FN2O3/c1-12(9-16(22)13-5-4-6-14(19)10-13)18(24)21-8-3-2-7-15(21)11-17(20)23/h4-6,10,12,15H,2-3,7-9,11H2,1H3,(H2,20,23)/t12-,15+/m1/s1. The highest BCUT2D eigenvalue weighted by Crippen LogP contribution is 2.23. The van der Waals surface area contributed by atoms with Gasteiger partial charge in [-0.2, -0.15) is 0 Å². The Hall–Kier alpha value is -2.24. The molecule has 6 heteroatoms. The Bertz CT molecular complexity index is 632. The molecule has 5 nitrogen and oxygen atoms in total. The molecule has 130 valence electrons. The summed E-state index contributed by atoms with van der Waals surface area (Å²) < 4.78 is 13.2. The van der Waals surface area contributed by atoms with Crippen LogP contribution in [0.25, 0.3) is 0 Å². The van der Waals surface area contributed by atoms with Crippen molar-refractivity contribution >= 4 is 17.6 Å². The Kier molecular flexibility index (Phi) is 6.06. The molecule has 0 bridgehead atoms. The first-order valence-corrected chi connectivity index (χ1v) is 8.26. The van der Waals surface area contributed by atoms with Gasteiger partial charge in [0, 0.05) is 36.9 Å². The van der Waals surface area contributed by atoms with Crippen molar-refractivity contribution in [1.29, 1.82) is 0 Å². The van der Waals surface area contributed by atoms with Crippen molar-refractivity contribution in [3.8, 4) is 0 Å². The lowest BCUT2D eigenvalue weighted by Gasteiger charge is -2.36. The zero-order valence-corrected chi connectivity index (χ0v) is 13.8. The molecule has 0 aromatic heterocycles. The molecule has 0 spiro atoms. The molecule has 1 saturated heterocycles. The topological polar surface area (TPSA) is 80.5 Å². The Labute approximate surface area is 141 Å². The summed E-state index contributed by atoms with van der Waals surface area (Å²) in [7, 11) is 0. The number of ketones is 1. The largest absolute Gasteiger partial charge is 0.370 e. The molecule has 0 saturated carbocycles. The number of Topliss-reactive ketones (excluding diaryl/α,β-unsaturated/α-hetero) is 1. The molecule has 1 fully saturated rings. The lowest BCUT2D eigenvalue weighted by molar-refractivity contribution is -0.139. The van der Waals surface area contributed by atoms with Gasteiger partial charge in [-0.3, -0.25) is 14.4 Å². The summed E-state index contributed by atoms with van der Waals surface area (Å²) in [5.74, 6) is -1.83. The van der Waals surface area contributed by atoms with Gasteiger partial charge in [0.15, 0.2) is 5.78 Å². The van der Waals surface area contributed by atoms with E-state index in [1.54, 1.807) is 17.9 Å². The van der Waals surface area contributed by atoms with Crippen LogP contribution in [0.4, 0.5) is 4.39 Å². The molecule has 2 atom stereocenters. The number of hydrogen-bond acceptors (Lipinski definition) is 3. The summed E-state index contributed by atoms with van der Waals surface area (Å²) in [6, 6.07) is 5.28. The molecule has 2 N–H and O–H groups in total. The monoisotopic (exact) mass is 334 g/mol. The van der Waals surface area contributed by atoms with Gasteiger partial charge in [-0.1, -0.05) is 19.1 Å². The number of nitrogens with zero attached hydrogens (tertiary/aromatic N) is 1. The summed E-state index contributed by atoms with van der Waals surface area (Å²) in [5.41, 5.74) is 5.53. The maximum absolute atomic E-state index is 13.2. The fourth-order valence-electron chi connectivity index (χ4n) is 3.16. The number of nitrogens with two attached hydrogens (primary N) is 1. The first kappa shape index (κ1) is 18.1. The van der Waals surface area contributed by atoms with Crippen molar-refractivity contribution in [2.24, 2.45) is 11.7 Å². The van der Waals surface area contributed by atoms with Crippen LogP contribution in [0.3, 0.4) is 0 Å². The Morgan fingerprint density at radius 1 is 1.33 bits per heavy atom. The highest BCUT2D eigenvalue weighted by atomic mass is 19.1. The molecule has 1 aliphatic heterocycles. The van der Waals surface area contributed by atoms with Crippen molar-refractivity contribution in [2.75, 3.05) is 6.54 Å². The minimum atomic E-state index is -0.519. The zero-order chi connectivity index (χ0) is 17.7. The highest BCUT2D eigenvalue weighted by molar-refractivity contribution is 5.98. The van der Waals surface area contributed by atoms with Gasteiger partial charge >= 0.3 is 0 Å². The summed E-state index contributed by atoms with van der Waals surface area (Å²) in [4.78, 5) is 37.8. The highest BCUT2D eigenvalue weighted by Gasteiger charge is 2.31. The molecule has 1 aromatic carbocycles. The van der Waals surface area contributed by atoms with Crippen LogP contribution in [-0.2, 0) is 9.59 Å². The number of rotatable bonds is 6. The van der Waals surface area contributed by atoms with Gasteiger partial charge in [-0.15, -0.1) is 0 Å². The van der Waals surface area contributed by atoms with E-state index < -0.39 is 17.6 Å². The predicted molar refractivity (Wildman–Crippen MR) is 87.7 cm³/mol. The van der Waals surface area contributed by atoms with Gasteiger partial charge in [-0.05, 0) is 31.4 Å². The van der Waals surface area contributed by atoms with Crippen LogP contribution < -0.4 is 5.73 Å². The maximum Gasteiger partial charge on any atom is 0.226 e. The summed E-state index contributed by atoms with van der Waals surface area (Å²) in [6.07, 6.45) is 2.75. The van der Waals surface area contributed by atoms with Crippen LogP contribution >= 0.6 is 0 Å². The van der Waals surface area contributed by atoms with E-state index in [4.69, 9.17) is 5.73 Å². The Morgan fingerprint density at radius 2 is 2.08 bits per heavy atom. The van der Waals surface area contributed by atoms with E-state index in [-0.39, 0.29) is 36.1 Å². The van der Waals surface area contributed by atoms with Crippen LogP contribution in [0.2, 0.25) is 0 Å². The molecule has 0 aliphatic carbocycles. The Morgan fingerprint density at radius 3 is 2.75 bits per heavy atom. The van der Waals surface area contributed by atoms with E-state index in [1.807, 2.05) is 0 Å². The number of hydrogen-bond donors (Lipinski definition) is 1. The average Bonchev–Trinajstić information content (AvgIpc) is 2.54. The second kappa shape index (κ2) is 8.04. The van der Waals surface area contributed by atoms with Gasteiger partial charge in [0.2, 0.25) is 11.8 Å². The lowest BCUT2D eigenvalue weighted by Crippen LogP contribution is -2.47. The van der Waals surface area contributed by atoms with Crippen LogP contribution in [-0.4, -0.2) is 35.1 Å². The predicted octanol–water partition coefficient (Wildman–Crippen LogP) is 2.29. The third-order valence-corrected chi connectivity index (χ3v) is 4.41. The van der Waals surface area contributed by atoms with E-state index >= 15 is 0 Å². The molecule has 2 rings (SSSR count). The summed E-state index contributed by atoms with van der Waals surface area (Å²) in [6.45, 7) is 2.27. The van der Waals surface area contributed by atoms with Crippen LogP contribution in [0.1, 0.15) is 49.4 Å². The smallest absolute Gasteiger partial charge is 0.226 e. The number of likely N-dealkylation sites (tertiary alicyclic amines) is 1. The third-order valence-electron chi connectivity index (χ3n) is 4.41. The normalized spacial score (nSPS) is 18.9. The van der Waals surface area contributed by atoms with E-state index in [2.05, 4.69) is 0 Å². The first-order valence-electron chi connectivity index (χ1n) is 8.26. The van der Waals surface area contributed by atoms with Crippen molar-refractivity contribution in [1.82, 2.24) is 4.90 Å². The number of amides is 2. The van der Waals surface area contributed by atoms with Gasteiger partial charge in [-0.25, -0.2) is 4.39 Å². The Balaban J connectivity index is 2.02. The number of carbonyl (C=O) groups is 3. The second-order valence-corrected chi connectivity index (χ2v) is 6.39.